The summed E-state index contributed by atoms with van der Waals surface area (Å²) in [5.74, 6) is -0.382. The molecule has 4 nitrogen and oxygen atoms in total. The van der Waals surface area contributed by atoms with Gasteiger partial charge in [0.25, 0.3) is 0 Å². The summed E-state index contributed by atoms with van der Waals surface area (Å²) in [5, 5.41) is 8.77. The van der Waals surface area contributed by atoms with Gasteiger partial charge in [-0.25, -0.2) is 4.98 Å². The van der Waals surface area contributed by atoms with Crippen LogP contribution < -0.4 is 4.90 Å². The van der Waals surface area contributed by atoms with Crippen molar-refractivity contribution in [2.75, 3.05) is 18.5 Å². The van der Waals surface area contributed by atoms with Gasteiger partial charge in [0, 0.05) is 23.4 Å². The van der Waals surface area contributed by atoms with Crippen LogP contribution in [0, 0.1) is 9.49 Å². The molecule has 1 aromatic rings. The highest BCUT2D eigenvalue weighted by atomic mass is 127. The number of aromatic nitrogens is 1. The average molecular weight is 320 g/mol. The van der Waals surface area contributed by atoms with Crippen molar-refractivity contribution >= 4 is 34.4 Å². The highest BCUT2D eigenvalue weighted by Gasteiger charge is 2.14. The average Bonchev–Trinajstić information content (AvgIpc) is 2.18. The molecule has 0 saturated heterocycles. The lowest BCUT2D eigenvalue weighted by Crippen LogP contribution is -2.28. The van der Waals surface area contributed by atoms with E-state index >= 15 is 0 Å². The Hall–Kier alpha value is -0.850. The maximum absolute atomic E-state index is 10.7. The van der Waals surface area contributed by atoms with Gasteiger partial charge < -0.3 is 10.0 Å². The first kappa shape index (κ1) is 12.2. The van der Waals surface area contributed by atoms with E-state index < -0.39 is 11.9 Å². The largest absolute Gasteiger partial charge is 0.481 e. The highest BCUT2D eigenvalue weighted by Crippen LogP contribution is 2.12. The van der Waals surface area contributed by atoms with E-state index in [0.29, 0.717) is 6.54 Å². The molecule has 1 N–H and O–H groups in total. The van der Waals surface area contributed by atoms with Crippen LogP contribution in [0.4, 0.5) is 5.82 Å². The Balaban J connectivity index is 2.64. The molecule has 0 aromatic carbocycles. The molecular formula is C10H13IN2O2. The zero-order valence-corrected chi connectivity index (χ0v) is 10.8. The summed E-state index contributed by atoms with van der Waals surface area (Å²) < 4.78 is 1.07. The van der Waals surface area contributed by atoms with Gasteiger partial charge in [0.2, 0.25) is 0 Å². The number of rotatable bonds is 4. The summed E-state index contributed by atoms with van der Waals surface area (Å²) in [6.07, 6.45) is 1.76. The number of halogens is 1. The number of pyridine rings is 1. The predicted molar refractivity (Wildman–Crippen MR) is 67.0 cm³/mol. The van der Waals surface area contributed by atoms with Crippen LogP contribution in [0.25, 0.3) is 0 Å². The number of hydrogen-bond donors (Lipinski definition) is 1. The summed E-state index contributed by atoms with van der Waals surface area (Å²) in [5.41, 5.74) is 0. The van der Waals surface area contributed by atoms with E-state index in [0.717, 1.165) is 9.39 Å². The molecule has 1 unspecified atom stereocenters. The van der Waals surface area contributed by atoms with Crippen LogP contribution in [0.1, 0.15) is 6.92 Å². The van der Waals surface area contributed by atoms with Gasteiger partial charge in [-0.2, -0.15) is 0 Å². The SMILES string of the molecule is CC(CN(C)c1ccc(I)cn1)C(=O)O. The number of hydrogen-bond acceptors (Lipinski definition) is 3. The molecule has 0 amide bonds. The molecule has 0 spiro atoms. The standard InChI is InChI=1S/C10H13IN2O2/c1-7(10(14)15)6-13(2)9-4-3-8(11)5-12-9/h3-5,7H,6H2,1-2H3,(H,14,15). The van der Waals surface area contributed by atoms with E-state index in [9.17, 15) is 4.79 Å². The topological polar surface area (TPSA) is 53.4 Å². The van der Waals surface area contributed by atoms with E-state index in [1.54, 1.807) is 13.1 Å². The van der Waals surface area contributed by atoms with Gasteiger partial charge in [0.1, 0.15) is 5.82 Å². The minimum Gasteiger partial charge on any atom is -0.481 e. The molecule has 0 fully saturated rings. The zero-order chi connectivity index (χ0) is 11.4. The molecule has 1 atom stereocenters. The minimum atomic E-state index is -0.785. The molecular weight excluding hydrogens is 307 g/mol. The number of carboxylic acid groups (broad SMARTS) is 1. The molecule has 1 aromatic heterocycles. The van der Waals surface area contributed by atoms with Crippen molar-refractivity contribution in [3.05, 3.63) is 21.9 Å². The lowest BCUT2D eigenvalue weighted by Gasteiger charge is -2.20. The highest BCUT2D eigenvalue weighted by molar-refractivity contribution is 14.1. The number of nitrogens with zero attached hydrogens (tertiary/aromatic N) is 2. The van der Waals surface area contributed by atoms with Crippen molar-refractivity contribution in [3.8, 4) is 0 Å². The van der Waals surface area contributed by atoms with Gasteiger partial charge in [-0.1, -0.05) is 6.92 Å². The maximum Gasteiger partial charge on any atom is 0.308 e. The lowest BCUT2D eigenvalue weighted by molar-refractivity contribution is -0.140. The monoisotopic (exact) mass is 320 g/mol. The quantitative estimate of drug-likeness (QED) is 0.860. The van der Waals surface area contributed by atoms with Crippen LogP contribution in [0.3, 0.4) is 0 Å². The predicted octanol–water partition coefficient (Wildman–Crippen LogP) is 1.84. The third-order valence-electron chi connectivity index (χ3n) is 2.07. The molecule has 0 radical (unpaired) electrons. The zero-order valence-electron chi connectivity index (χ0n) is 8.64. The third-order valence-corrected chi connectivity index (χ3v) is 2.71. The Morgan fingerprint density at radius 1 is 1.67 bits per heavy atom. The Morgan fingerprint density at radius 2 is 2.33 bits per heavy atom. The van der Waals surface area contributed by atoms with Gasteiger partial charge in [0.05, 0.1) is 5.92 Å². The summed E-state index contributed by atoms with van der Waals surface area (Å²) in [6, 6.07) is 3.83. The van der Waals surface area contributed by atoms with Crippen LogP contribution in [-0.4, -0.2) is 29.7 Å². The van der Waals surface area contributed by atoms with Crippen LogP contribution in [-0.2, 0) is 4.79 Å². The lowest BCUT2D eigenvalue weighted by atomic mass is 10.2. The second kappa shape index (κ2) is 5.29. The van der Waals surface area contributed by atoms with Gasteiger partial charge in [0.15, 0.2) is 0 Å². The Kier molecular flexibility index (Phi) is 4.31. The van der Waals surface area contributed by atoms with Crippen LogP contribution in [0.15, 0.2) is 18.3 Å². The molecule has 15 heavy (non-hydrogen) atoms. The fourth-order valence-electron chi connectivity index (χ4n) is 1.18. The molecule has 82 valence electrons. The minimum absolute atomic E-state index is 0.393. The fraction of sp³-hybridized carbons (Fsp3) is 0.400. The Bertz CT molecular complexity index is 340. The molecule has 1 heterocycles. The summed E-state index contributed by atoms with van der Waals surface area (Å²) in [7, 11) is 1.84. The van der Waals surface area contributed by atoms with Crippen molar-refractivity contribution in [1.82, 2.24) is 4.98 Å². The van der Waals surface area contributed by atoms with Crippen molar-refractivity contribution in [1.29, 1.82) is 0 Å². The van der Waals surface area contributed by atoms with Crippen LogP contribution in [0.2, 0.25) is 0 Å². The third kappa shape index (κ3) is 3.65. The summed E-state index contributed by atoms with van der Waals surface area (Å²) in [6.45, 7) is 2.15. The van der Waals surface area contributed by atoms with Crippen LogP contribution in [0.5, 0.6) is 0 Å². The number of anilines is 1. The van der Waals surface area contributed by atoms with E-state index in [4.69, 9.17) is 5.11 Å². The van der Waals surface area contributed by atoms with Crippen LogP contribution >= 0.6 is 22.6 Å². The normalized spacial score (nSPS) is 12.2. The van der Waals surface area contributed by atoms with E-state index in [1.807, 2.05) is 24.1 Å². The molecule has 0 aliphatic rings. The van der Waals surface area contributed by atoms with Crippen molar-refractivity contribution in [2.24, 2.45) is 5.92 Å². The van der Waals surface area contributed by atoms with Gasteiger partial charge in [-0.15, -0.1) is 0 Å². The van der Waals surface area contributed by atoms with Gasteiger partial charge in [-0.05, 0) is 34.7 Å². The first-order valence-corrected chi connectivity index (χ1v) is 5.64. The molecule has 0 aliphatic heterocycles. The van der Waals surface area contributed by atoms with E-state index in [1.165, 1.54) is 0 Å². The van der Waals surface area contributed by atoms with E-state index in [2.05, 4.69) is 27.6 Å². The van der Waals surface area contributed by atoms with E-state index in [-0.39, 0.29) is 0 Å². The van der Waals surface area contributed by atoms with Crippen molar-refractivity contribution in [3.63, 3.8) is 0 Å². The smallest absolute Gasteiger partial charge is 0.308 e. The Morgan fingerprint density at radius 3 is 2.80 bits per heavy atom. The van der Waals surface area contributed by atoms with Gasteiger partial charge in [-0.3, -0.25) is 4.79 Å². The fourth-order valence-corrected chi connectivity index (χ4v) is 1.50. The molecule has 0 saturated carbocycles. The second-order valence-corrected chi connectivity index (χ2v) is 4.70. The summed E-state index contributed by atoms with van der Waals surface area (Å²) >= 11 is 2.18. The molecule has 1 rings (SSSR count). The maximum atomic E-state index is 10.7. The summed E-state index contributed by atoms with van der Waals surface area (Å²) in [4.78, 5) is 16.7. The number of aliphatic carboxylic acids is 1. The second-order valence-electron chi connectivity index (χ2n) is 3.45. The molecule has 5 heteroatoms. The first-order valence-electron chi connectivity index (χ1n) is 4.56. The van der Waals surface area contributed by atoms with Gasteiger partial charge >= 0.3 is 5.97 Å². The Labute approximate surface area is 102 Å². The number of carbonyl (C=O) groups is 1. The molecule has 0 bridgehead atoms. The number of carboxylic acids is 1. The van der Waals surface area contributed by atoms with Crippen molar-refractivity contribution in [2.45, 2.75) is 6.92 Å². The van der Waals surface area contributed by atoms with Crippen molar-refractivity contribution < 1.29 is 9.90 Å². The first-order chi connectivity index (χ1) is 7.00. The molecule has 0 aliphatic carbocycles.